The molecule has 2 rings (SSSR count). The van der Waals surface area contributed by atoms with E-state index in [9.17, 15) is 4.79 Å². The van der Waals surface area contributed by atoms with E-state index in [1.165, 1.54) is 0 Å². The summed E-state index contributed by atoms with van der Waals surface area (Å²) in [6, 6.07) is 7.30. The lowest BCUT2D eigenvalue weighted by atomic mass is 10.1. The molecule has 1 unspecified atom stereocenters. The Hall–Kier alpha value is -1.87. The number of morpholine rings is 1. The lowest BCUT2D eigenvalue weighted by Crippen LogP contribution is -2.51. The Bertz CT molecular complexity index is 533. The lowest BCUT2D eigenvalue weighted by molar-refractivity contribution is -0.129. The Morgan fingerprint density at radius 2 is 2.30 bits per heavy atom. The molecule has 1 amide bonds. The summed E-state index contributed by atoms with van der Waals surface area (Å²) in [5.41, 5.74) is 7.28. The second-order valence-corrected chi connectivity index (χ2v) is 4.58. The smallest absolute Gasteiger partial charge is 0.237 e. The zero-order valence-electron chi connectivity index (χ0n) is 11.2. The van der Waals surface area contributed by atoms with Gasteiger partial charge in [0.2, 0.25) is 5.91 Å². The first-order valence-corrected chi connectivity index (χ1v) is 6.51. The van der Waals surface area contributed by atoms with Gasteiger partial charge in [0.1, 0.15) is 12.6 Å². The number of hydrogen-bond acceptors (Lipinski definition) is 4. The fourth-order valence-electron chi connectivity index (χ4n) is 2.22. The van der Waals surface area contributed by atoms with Gasteiger partial charge in [0.25, 0.3) is 0 Å². The van der Waals surface area contributed by atoms with Gasteiger partial charge in [0, 0.05) is 18.7 Å². The summed E-state index contributed by atoms with van der Waals surface area (Å²) in [5.74, 6) is 5.20. The normalized spacial score (nSPS) is 19.1. The van der Waals surface area contributed by atoms with E-state index in [4.69, 9.17) is 15.6 Å². The summed E-state index contributed by atoms with van der Waals surface area (Å²) in [5, 5.41) is 8.79. The SMILES string of the molecule is NC(=O)C1COCCN1Cc1ccccc1C#CCO. The summed E-state index contributed by atoms with van der Waals surface area (Å²) >= 11 is 0. The number of carbonyl (C=O) groups is 1. The van der Waals surface area contributed by atoms with E-state index in [0.717, 1.165) is 11.1 Å². The molecule has 1 aromatic carbocycles. The minimum atomic E-state index is -0.400. The Morgan fingerprint density at radius 1 is 1.50 bits per heavy atom. The molecule has 0 aromatic heterocycles. The highest BCUT2D eigenvalue weighted by atomic mass is 16.5. The van der Waals surface area contributed by atoms with E-state index in [0.29, 0.717) is 26.3 Å². The number of benzene rings is 1. The average molecular weight is 274 g/mol. The molecule has 1 aliphatic heterocycles. The van der Waals surface area contributed by atoms with Gasteiger partial charge in [-0.1, -0.05) is 30.0 Å². The fourth-order valence-corrected chi connectivity index (χ4v) is 2.22. The van der Waals surface area contributed by atoms with Crippen LogP contribution in [0.25, 0.3) is 0 Å². The minimum absolute atomic E-state index is 0.171. The molecule has 3 N–H and O–H groups in total. The molecule has 1 heterocycles. The van der Waals surface area contributed by atoms with Crippen molar-refractivity contribution in [1.29, 1.82) is 0 Å². The largest absolute Gasteiger partial charge is 0.384 e. The van der Waals surface area contributed by atoms with Crippen molar-refractivity contribution in [2.45, 2.75) is 12.6 Å². The third-order valence-electron chi connectivity index (χ3n) is 3.26. The maximum Gasteiger partial charge on any atom is 0.237 e. The van der Waals surface area contributed by atoms with Crippen LogP contribution in [0.5, 0.6) is 0 Å². The third-order valence-corrected chi connectivity index (χ3v) is 3.26. The van der Waals surface area contributed by atoms with Crippen LogP contribution < -0.4 is 5.73 Å². The molecule has 20 heavy (non-hydrogen) atoms. The number of hydrogen-bond donors (Lipinski definition) is 2. The van der Waals surface area contributed by atoms with Crippen LogP contribution in [0.1, 0.15) is 11.1 Å². The summed E-state index contributed by atoms with van der Waals surface area (Å²) in [4.78, 5) is 13.5. The van der Waals surface area contributed by atoms with Gasteiger partial charge in [-0.2, -0.15) is 0 Å². The third kappa shape index (κ3) is 3.58. The number of rotatable bonds is 3. The predicted molar refractivity (Wildman–Crippen MR) is 74.6 cm³/mol. The summed E-state index contributed by atoms with van der Waals surface area (Å²) in [6.07, 6.45) is 0. The molecule has 1 atom stereocenters. The van der Waals surface area contributed by atoms with Gasteiger partial charge in [0.05, 0.1) is 13.2 Å². The molecule has 0 aliphatic carbocycles. The summed E-state index contributed by atoms with van der Waals surface area (Å²) in [7, 11) is 0. The van der Waals surface area contributed by atoms with Gasteiger partial charge in [-0.05, 0) is 11.6 Å². The van der Waals surface area contributed by atoms with Crippen molar-refractivity contribution in [3.8, 4) is 11.8 Å². The van der Waals surface area contributed by atoms with Gasteiger partial charge >= 0.3 is 0 Å². The van der Waals surface area contributed by atoms with Gasteiger partial charge in [-0.3, -0.25) is 9.69 Å². The number of ether oxygens (including phenoxy) is 1. The molecule has 106 valence electrons. The van der Waals surface area contributed by atoms with Crippen LogP contribution in [0.3, 0.4) is 0 Å². The molecule has 1 saturated heterocycles. The van der Waals surface area contributed by atoms with E-state index in [1.807, 2.05) is 29.2 Å². The second-order valence-electron chi connectivity index (χ2n) is 4.58. The van der Waals surface area contributed by atoms with Crippen molar-refractivity contribution in [3.63, 3.8) is 0 Å². The molecule has 1 fully saturated rings. The van der Waals surface area contributed by atoms with Crippen LogP contribution >= 0.6 is 0 Å². The monoisotopic (exact) mass is 274 g/mol. The first kappa shape index (κ1) is 14.5. The molecule has 0 radical (unpaired) electrons. The van der Waals surface area contributed by atoms with Crippen molar-refractivity contribution >= 4 is 5.91 Å². The number of primary amides is 1. The molecule has 5 nitrogen and oxygen atoms in total. The van der Waals surface area contributed by atoms with Crippen molar-refractivity contribution in [3.05, 3.63) is 35.4 Å². The number of carbonyl (C=O) groups excluding carboxylic acids is 1. The van der Waals surface area contributed by atoms with Crippen LogP contribution in [0, 0.1) is 11.8 Å². The highest BCUT2D eigenvalue weighted by Crippen LogP contribution is 2.15. The Morgan fingerprint density at radius 3 is 3.05 bits per heavy atom. The van der Waals surface area contributed by atoms with Crippen LogP contribution in [0.4, 0.5) is 0 Å². The predicted octanol–water partition coefficient (Wildman–Crippen LogP) is -0.283. The molecule has 0 saturated carbocycles. The number of nitrogens with two attached hydrogens (primary N) is 1. The first-order valence-electron chi connectivity index (χ1n) is 6.51. The topological polar surface area (TPSA) is 75.8 Å². The lowest BCUT2D eigenvalue weighted by Gasteiger charge is -2.33. The molecule has 1 aliphatic rings. The fraction of sp³-hybridized carbons (Fsp3) is 0.400. The van der Waals surface area contributed by atoms with Gasteiger partial charge in [-0.25, -0.2) is 0 Å². The Balaban J connectivity index is 2.18. The summed E-state index contributed by atoms with van der Waals surface area (Å²) in [6.45, 7) is 2.01. The molecule has 0 bridgehead atoms. The number of nitrogens with zero attached hydrogens (tertiary/aromatic N) is 1. The first-order chi connectivity index (χ1) is 9.72. The highest BCUT2D eigenvalue weighted by Gasteiger charge is 2.27. The van der Waals surface area contributed by atoms with Crippen molar-refractivity contribution in [2.24, 2.45) is 5.73 Å². The zero-order valence-corrected chi connectivity index (χ0v) is 11.2. The maximum absolute atomic E-state index is 11.5. The Kier molecular flexibility index (Phi) is 5.13. The molecule has 1 aromatic rings. The summed E-state index contributed by atoms with van der Waals surface area (Å²) < 4.78 is 5.30. The number of aliphatic hydroxyl groups is 1. The van der Waals surface area contributed by atoms with Gasteiger partial charge in [0.15, 0.2) is 0 Å². The molecule has 0 spiro atoms. The van der Waals surface area contributed by atoms with Crippen LogP contribution in [-0.2, 0) is 16.1 Å². The van der Waals surface area contributed by atoms with E-state index < -0.39 is 6.04 Å². The number of amides is 1. The van der Waals surface area contributed by atoms with Crippen LogP contribution in [0.15, 0.2) is 24.3 Å². The van der Waals surface area contributed by atoms with E-state index in [-0.39, 0.29) is 12.5 Å². The zero-order chi connectivity index (χ0) is 14.4. The van der Waals surface area contributed by atoms with Crippen molar-refractivity contribution in [2.75, 3.05) is 26.4 Å². The molecule has 5 heteroatoms. The standard InChI is InChI=1S/C15H18N2O3/c16-15(19)14-11-20-9-7-17(14)10-13-5-2-1-4-12(13)6-3-8-18/h1-2,4-5,14,18H,7-11H2,(H2,16,19). The molecular formula is C15H18N2O3. The van der Waals surface area contributed by atoms with E-state index >= 15 is 0 Å². The van der Waals surface area contributed by atoms with Crippen LogP contribution in [0.2, 0.25) is 0 Å². The van der Waals surface area contributed by atoms with Gasteiger partial charge in [-0.15, -0.1) is 0 Å². The van der Waals surface area contributed by atoms with E-state index in [2.05, 4.69) is 11.8 Å². The molecular weight excluding hydrogens is 256 g/mol. The quantitative estimate of drug-likeness (QED) is 0.743. The highest BCUT2D eigenvalue weighted by molar-refractivity contribution is 5.80. The second kappa shape index (κ2) is 7.06. The van der Waals surface area contributed by atoms with Crippen LogP contribution in [-0.4, -0.2) is 48.3 Å². The van der Waals surface area contributed by atoms with Crippen molar-refractivity contribution < 1.29 is 14.6 Å². The van der Waals surface area contributed by atoms with E-state index in [1.54, 1.807) is 0 Å². The minimum Gasteiger partial charge on any atom is -0.384 e. The average Bonchev–Trinajstić information content (AvgIpc) is 2.47. The Labute approximate surface area is 118 Å². The van der Waals surface area contributed by atoms with Crippen molar-refractivity contribution in [1.82, 2.24) is 4.90 Å². The van der Waals surface area contributed by atoms with Gasteiger partial charge < -0.3 is 15.6 Å². The maximum atomic E-state index is 11.5. The number of aliphatic hydroxyl groups excluding tert-OH is 1.